The first-order valence-electron chi connectivity index (χ1n) is 6.48. The Morgan fingerprint density at radius 3 is 2.71 bits per heavy atom. The van der Waals surface area contributed by atoms with Gasteiger partial charge in [-0.25, -0.2) is 4.98 Å². The van der Waals surface area contributed by atoms with Gasteiger partial charge < -0.3 is 15.5 Å². The van der Waals surface area contributed by atoms with Crippen molar-refractivity contribution in [2.45, 2.75) is 0 Å². The molecule has 0 aliphatic rings. The van der Waals surface area contributed by atoms with Crippen molar-refractivity contribution in [3.05, 3.63) is 40.5 Å². The topological polar surface area (TPSA) is 53.1 Å². The van der Waals surface area contributed by atoms with Crippen molar-refractivity contribution in [2.75, 3.05) is 37.8 Å². The second-order valence-corrected chi connectivity index (χ2v) is 5.59. The molecule has 1 aromatic heterocycles. The molecular formula is C14H17Cl2N5. The van der Waals surface area contributed by atoms with E-state index in [1.165, 1.54) is 0 Å². The highest BCUT2D eigenvalue weighted by Gasteiger charge is 2.04. The van der Waals surface area contributed by atoms with Crippen LogP contribution in [0.1, 0.15) is 0 Å². The van der Waals surface area contributed by atoms with Gasteiger partial charge >= 0.3 is 0 Å². The summed E-state index contributed by atoms with van der Waals surface area (Å²) in [7, 11) is 4.03. The first kappa shape index (κ1) is 15.8. The van der Waals surface area contributed by atoms with Gasteiger partial charge in [-0.3, -0.25) is 0 Å². The summed E-state index contributed by atoms with van der Waals surface area (Å²) in [6.45, 7) is 1.68. The number of benzene rings is 1. The van der Waals surface area contributed by atoms with Crippen molar-refractivity contribution in [1.29, 1.82) is 0 Å². The molecule has 1 heterocycles. The van der Waals surface area contributed by atoms with Crippen LogP contribution in [-0.2, 0) is 0 Å². The first-order valence-corrected chi connectivity index (χ1v) is 7.24. The van der Waals surface area contributed by atoms with Crippen LogP contribution in [0.2, 0.25) is 10.0 Å². The standard InChI is InChI=1S/C14H17Cl2N5/c1-21(2)8-7-18-14-17-6-5-13(20-14)19-12-4-3-10(15)9-11(12)16/h3-6,9H,7-8H2,1-2H3,(H2,17,18,19,20). The van der Waals surface area contributed by atoms with E-state index in [-0.39, 0.29) is 0 Å². The summed E-state index contributed by atoms with van der Waals surface area (Å²) in [5.74, 6) is 1.24. The van der Waals surface area contributed by atoms with E-state index in [9.17, 15) is 0 Å². The van der Waals surface area contributed by atoms with Crippen LogP contribution in [-0.4, -0.2) is 42.1 Å². The predicted octanol–water partition coefficient (Wildman–Crippen LogP) is 3.50. The Morgan fingerprint density at radius 1 is 1.19 bits per heavy atom. The number of nitrogens with zero attached hydrogens (tertiary/aromatic N) is 3. The van der Waals surface area contributed by atoms with Gasteiger partial charge in [0.15, 0.2) is 0 Å². The monoisotopic (exact) mass is 325 g/mol. The maximum atomic E-state index is 6.13. The first-order chi connectivity index (χ1) is 10.0. The molecule has 0 saturated carbocycles. The summed E-state index contributed by atoms with van der Waals surface area (Å²) in [6.07, 6.45) is 1.69. The van der Waals surface area contributed by atoms with Crippen LogP contribution in [0, 0.1) is 0 Å². The molecule has 2 rings (SSSR count). The molecule has 0 spiro atoms. The van der Waals surface area contributed by atoms with Crippen molar-refractivity contribution in [3.63, 3.8) is 0 Å². The lowest BCUT2D eigenvalue weighted by atomic mass is 10.3. The highest BCUT2D eigenvalue weighted by molar-refractivity contribution is 6.36. The number of hydrogen-bond donors (Lipinski definition) is 2. The van der Waals surface area contributed by atoms with Gasteiger partial charge in [-0.15, -0.1) is 0 Å². The molecule has 0 unspecified atom stereocenters. The van der Waals surface area contributed by atoms with Gasteiger partial charge in [-0.2, -0.15) is 4.98 Å². The smallest absolute Gasteiger partial charge is 0.224 e. The lowest BCUT2D eigenvalue weighted by Crippen LogP contribution is -2.21. The SMILES string of the molecule is CN(C)CCNc1nccc(Nc2ccc(Cl)cc2Cl)n1. The Balaban J connectivity index is 2.03. The fourth-order valence-corrected chi connectivity index (χ4v) is 2.09. The zero-order chi connectivity index (χ0) is 15.2. The van der Waals surface area contributed by atoms with Crippen molar-refractivity contribution < 1.29 is 0 Å². The van der Waals surface area contributed by atoms with Crippen LogP contribution in [0.3, 0.4) is 0 Å². The van der Waals surface area contributed by atoms with Crippen LogP contribution in [0.4, 0.5) is 17.5 Å². The normalized spacial score (nSPS) is 10.7. The van der Waals surface area contributed by atoms with Crippen LogP contribution in [0.25, 0.3) is 0 Å². The maximum Gasteiger partial charge on any atom is 0.224 e. The average Bonchev–Trinajstić information content (AvgIpc) is 2.42. The average molecular weight is 326 g/mol. The number of halogens is 2. The quantitative estimate of drug-likeness (QED) is 0.851. The van der Waals surface area contributed by atoms with Crippen molar-refractivity contribution in [1.82, 2.24) is 14.9 Å². The molecule has 0 fully saturated rings. The molecule has 7 heteroatoms. The molecule has 0 aliphatic heterocycles. The van der Waals surface area contributed by atoms with Crippen molar-refractivity contribution in [2.24, 2.45) is 0 Å². The molecule has 2 N–H and O–H groups in total. The van der Waals surface area contributed by atoms with E-state index >= 15 is 0 Å². The van der Waals surface area contributed by atoms with E-state index in [0.717, 1.165) is 18.8 Å². The lowest BCUT2D eigenvalue weighted by molar-refractivity contribution is 0.425. The molecule has 0 saturated heterocycles. The van der Waals surface area contributed by atoms with E-state index in [2.05, 4.69) is 25.5 Å². The zero-order valence-corrected chi connectivity index (χ0v) is 13.4. The van der Waals surface area contributed by atoms with Gasteiger partial charge in [0, 0.05) is 24.3 Å². The third kappa shape index (κ3) is 5.04. The Labute approximate surface area is 134 Å². The summed E-state index contributed by atoms with van der Waals surface area (Å²) in [4.78, 5) is 10.7. The van der Waals surface area contributed by atoms with Gasteiger partial charge in [0.05, 0.1) is 10.7 Å². The van der Waals surface area contributed by atoms with Gasteiger partial charge in [0.25, 0.3) is 0 Å². The fourth-order valence-electron chi connectivity index (χ4n) is 1.63. The molecule has 0 bridgehead atoms. The minimum Gasteiger partial charge on any atom is -0.353 e. The van der Waals surface area contributed by atoms with E-state index in [1.807, 2.05) is 20.2 Å². The van der Waals surface area contributed by atoms with E-state index in [1.54, 1.807) is 24.4 Å². The number of nitrogens with one attached hydrogen (secondary N) is 2. The molecule has 1 aromatic carbocycles. The van der Waals surface area contributed by atoms with Crippen molar-refractivity contribution in [3.8, 4) is 0 Å². The zero-order valence-electron chi connectivity index (χ0n) is 11.9. The Kier molecular flexibility index (Phi) is 5.61. The molecule has 0 atom stereocenters. The number of hydrogen-bond acceptors (Lipinski definition) is 5. The summed E-state index contributed by atoms with van der Waals surface area (Å²) >= 11 is 12.0. The number of rotatable bonds is 6. The van der Waals surface area contributed by atoms with E-state index < -0.39 is 0 Å². The predicted molar refractivity (Wildman–Crippen MR) is 88.8 cm³/mol. The van der Waals surface area contributed by atoms with E-state index in [4.69, 9.17) is 23.2 Å². The Bertz CT molecular complexity index is 604. The number of likely N-dealkylation sites (N-methyl/N-ethyl adjacent to an activating group) is 1. The molecule has 0 amide bonds. The molecule has 112 valence electrons. The summed E-state index contributed by atoms with van der Waals surface area (Å²) < 4.78 is 0. The highest BCUT2D eigenvalue weighted by Crippen LogP contribution is 2.27. The lowest BCUT2D eigenvalue weighted by Gasteiger charge is -2.11. The molecule has 21 heavy (non-hydrogen) atoms. The third-order valence-corrected chi connectivity index (χ3v) is 3.24. The minimum atomic E-state index is 0.545. The molecule has 5 nitrogen and oxygen atoms in total. The Hall–Kier alpha value is -1.56. The molecule has 0 aliphatic carbocycles. The third-order valence-electron chi connectivity index (χ3n) is 2.69. The summed E-state index contributed by atoms with van der Waals surface area (Å²) in [6, 6.07) is 7.05. The maximum absolute atomic E-state index is 6.13. The minimum absolute atomic E-state index is 0.545. The number of aromatic nitrogens is 2. The summed E-state index contributed by atoms with van der Waals surface area (Å²) in [5, 5.41) is 7.46. The molecule has 0 radical (unpaired) electrons. The van der Waals surface area contributed by atoms with E-state index in [0.29, 0.717) is 21.8 Å². The largest absolute Gasteiger partial charge is 0.353 e. The van der Waals surface area contributed by atoms with Crippen LogP contribution >= 0.6 is 23.2 Å². The van der Waals surface area contributed by atoms with Crippen molar-refractivity contribution >= 4 is 40.7 Å². The Morgan fingerprint density at radius 2 is 2.00 bits per heavy atom. The van der Waals surface area contributed by atoms with Gasteiger partial charge in [0.1, 0.15) is 5.82 Å². The highest BCUT2D eigenvalue weighted by atomic mass is 35.5. The van der Waals surface area contributed by atoms with Crippen LogP contribution in [0.15, 0.2) is 30.5 Å². The number of anilines is 3. The fraction of sp³-hybridized carbons (Fsp3) is 0.286. The van der Waals surface area contributed by atoms with Gasteiger partial charge in [-0.1, -0.05) is 23.2 Å². The summed E-state index contributed by atoms with van der Waals surface area (Å²) in [5.41, 5.74) is 0.749. The second-order valence-electron chi connectivity index (χ2n) is 4.74. The molecular weight excluding hydrogens is 309 g/mol. The van der Waals surface area contributed by atoms with Crippen LogP contribution < -0.4 is 10.6 Å². The van der Waals surface area contributed by atoms with Gasteiger partial charge in [-0.05, 0) is 38.4 Å². The second kappa shape index (κ2) is 7.45. The molecule has 2 aromatic rings. The van der Waals surface area contributed by atoms with Crippen LogP contribution in [0.5, 0.6) is 0 Å². The van der Waals surface area contributed by atoms with Gasteiger partial charge in [0.2, 0.25) is 5.95 Å².